The second-order valence-corrected chi connectivity index (χ2v) is 8.38. The highest BCUT2D eigenvalue weighted by Crippen LogP contribution is 2.23. The number of hydrogen-bond donors (Lipinski definition) is 1. The Balaban J connectivity index is 1.55. The van der Waals surface area contributed by atoms with Crippen LogP contribution in [-0.4, -0.2) is 35.3 Å². The van der Waals surface area contributed by atoms with E-state index in [1.165, 1.54) is 22.7 Å². The summed E-state index contributed by atoms with van der Waals surface area (Å²) in [6, 6.07) is 11.3. The highest BCUT2D eigenvalue weighted by molar-refractivity contribution is 7.16. The van der Waals surface area contributed by atoms with Crippen LogP contribution in [0, 0.1) is 0 Å². The molecule has 0 unspecified atom stereocenters. The van der Waals surface area contributed by atoms with Gasteiger partial charge in [0, 0.05) is 18.3 Å². The topological polar surface area (TPSA) is 67.4 Å². The number of rotatable bonds is 6. The maximum atomic E-state index is 12.3. The Morgan fingerprint density at radius 2 is 1.96 bits per heavy atom. The van der Waals surface area contributed by atoms with Crippen LogP contribution in [0.5, 0.6) is 5.75 Å². The lowest BCUT2D eigenvalue weighted by molar-refractivity contribution is 0.221. The molecule has 0 aliphatic rings. The van der Waals surface area contributed by atoms with Crippen molar-refractivity contribution in [2.45, 2.75) is 13.0 Å². The number of halogens is 1. The molecular weight excluding hydrogens is 392 g/mol. The summed E-state index contributed by atoms with van der Waals surface area (Å²) in [5.74, 6) is 0.814. The molecule has 0 bridgehead atoms. The number of benzene rings is 1. The van der Waals surface area contributed by atoms with E-state index in [2.05, 4.69) is 15.5 Å². The van der Waals surface area contributed by atoms with E-state index in [0.717, 1.165) is 21.2 Å². The average molecular weight is 409 g/mol. The summed E-state index contributed by atoms with van der Waals surface area (Å²) in [6.07, 6.45) is 0.654. The number of nitrogens with one attached hydrogen (secondary N) is 1. The Morgan fingerprint density at radius 3 is 2.62 bits per heavy atom. The number of carbonyl (C=O) groups is 1. The van der Waals surface area contributed by atoms with Crippen LogP contribution in [0.15, 0.2) is 36.4 Å². The summed E-state index contributed by atoms with van der Waals surface area (Å²) in [5, 5.41) is 12.3. The molecule has 2 heterocycles. The molecule has 3 aromatic rings. The van der Waals surface area contributed by atoms with Crippen molar-refractivity contribution in [1.29, 1.82) is 0 Å². The number of ether oxygens (including phenoxy) is 1. The molecule has 0 aliphatic carbocycles. The second-order valence-electron chi connectivity index (χ2n) is 5.52. The van der Waals surface area contributed by atoms with Gasteiger partial charge in [-0.05, 0) is 29.8 Å². The Labute approximate surface area is 164 Å². The first kappa shape index (κ1) is 18.6. The van der Waals surface area contributed by atoms with E-state index >= 15 is 0 Å². The fourth-order valence-electron chi connectivity index (χ4n) is 2.22. The predicted octanol–water partition coefficient (Wildman–Crippen LogP) is 4.52. The number of amides is 2. The molecule has 0 fully saturated rings. The van der Waals surface area contributed by atoms with Gasteiger partial charge in [-0.15, -0.1) is 21.5 Å². The van der Waals surface area contributed by atoms with Gasteiger partial charge in [0.05, 0.1) is 18.0 Å². The van der Waals surface area contributed by atoms with Crippen LogP contribution < -0.4 is 10.1 Å². The minimum atomic E-state index is -0.235. The van der Waals surface area contributed by atoms with Crippen molar-refractivity contribution in [1.82, 2.24) is 15.1 Å². The van der Waals surface area contributed by atoms with Crippen molar-refractivity contribution in [3.05, 3.63) is 56.2 Å². The number of nitrogens with zero attached hydrogens (tertiary/aromatic N) is 3. The molecule has 0 saturated carbocycles. The monoisotopic (exact) mass is 408 g/mol. The Hall–Kier alpha value is -2.16. The van der Waals surface area contributed by atoms with Crippen LogP contribution in [0.4, 0.5) is 9.93 Å². The smallest absolute Gasteiger partial charge is 0.323 e. The molecule has 9 heteroatoms. The zero-order chi connectivity index (χ0) is 18.5. The normalized spacial score (nSPS) is 10.6. The Morgan fingerprint density at radius 1 is 1.19 bits per heavy atom. The zero-order valence-electron chi connectivity index (χ0n) is 14.2. The van der Waals surface area contributed by atoms with E-state index < -0.39 is 0 Å². The lowest BCUT2D eigenvalue weighted by atomic mass is 10.1. The van der Waals surface area contributed by atoms with Gasteiger partial charge >= 0.3 is 6.03 Å². The van der Waals surface area contributed by atoms with Gasteiger partial charge in [0.25, 0.3) is 0 Å². The van der Waals surface area contributed by atoms with Gasteiger partial charge in [-0.25, -0.2) is 4.79 Å². The first-order chi connectivity index (χ1) is 12.5. The van der Waals surface area contributed by atoms with Gasteiger partial charge in [0.2, 0.25) is 5.13 Å². The van der Waals surface area contributed by atoms with Gasteiger partial charge in [-0.3, -0.25) is 5.32 Å². The van der Waals surface area contributed by atoms with E-state index in [4.69, 9.17) is 16.3 Å². The van der Waals surface area contributed by atoms with E-state index in [0.29, 0.717) is 22.4 Å². The fourth-order valence-corrected chi connectivity index (χ4v) is 4.13. The van der Waals surface area contributed by atoms with Gasteiger partial charge in [-0.1, -0.05) is 35.1 Å². The minimum Gasteiger partial charge on any atom is -0.497 e. The van der Waals surface area contributed by atoms with E-state index in [-0.39, 0.29) is 6.03 Å². The maximum Gasteiger partial charge on any atom is 0.323 e. The summed E-state index contributed by atoms with van der Waals surface area (Å²) in [6.45, 7) is 0.487. The lowest BCUT2D eigenvalue weighted by Crippen LogP contribution is -2.30. The number of aromatic nitrogens is 2. The molecular formula is C17H17ClN4O2S2. The molecule has 3 rings (SSSR count). The molecule has 1 N–H and O–H groups in total. The highest BCUT2D eigenvalue weighted by atomic mass is 35.5. The van der Waals surface area contributed by atoms with Crippen molar-refractivity contribution in [2.75, 3.05) is 19.5 Å². The van der Waals surface area contributed by atoms with Crippen molar-refractivity contribution < 1.29 is 9.53 Å². The Kier molecular flexibility index (Phi) is 6.08. The van der Waals surface area contributed by atoms with Gasteiger partial charge < -0.3 is 9.64 Å². The molecule has 0 radical (unpaired) electrons. The number of anilines is 1. The Bertz CT molecular complexity index is 879. The number of hydrogen-bond acceptors (Lipinski definition) is 6. The summed E-state index contributed by atoms with van der Waals surface area (Å²) in [7, 11) is 3.36. The quantitative estimate of drug-likeness (QED) is 0.651. The third kappa shape index (κ3) is 4.94. The minimum absolute atomic E-state index is 0.235. The fraction of sp³-hybridized carbons (Fsp3) is 0.235. The van der Waals surface area contributed by atoms with Crippen LogP contribution in [0.1, 0.15) is 15.4 Å². The van der Waals surface area contributed by atoms with Crippen molar-refractivity contribution in [3.63, 3.8) is 0 Å². The van der Waals surface area contributed by atoms with Crippen LogP contribution >= 0.6 is 34.3 Å². The van der Waals surface area contributed by atoms with Crippen molar-refractivity contribution in [3.8, 4) is 5.75 Å². The maximum absolute atomic E-state index is 12.3. The number of thiophene rings is 1. The molecule has 0 aliphatic heterocycles. The number of urea groups is 1. The molecule has 0 saturated heterocycles. The largest absolute Gasteiger partial charge is 0.497 e. The molecule has 2 aromatic heterocycles. The molecule has 6 nitrogen and oxygen atoms in total. The van der Waals surface area contributed by atoms with Crippen LogP contribution in [0.3, 0.4) is 0 Å². The summed E-state index contributed by atoms with van der Waals surface area (Å²) in [4.78, 5) is 14.9. The molecule has 1 aromatic carbocycles. The van der Waals surface area contributed by atoms with E-state index in [1.807, 2.05) is 36.4 Å². The van der Waals surface area contributed by atoms with E-state index in [9.17, 15) is 4.79 Å². The van der Waals surface area contributed by atoms with Crippen molar-refractivity contribution >= 4 is 45.4 Å². The highest BCUT2D eigenvalue weighted by Gasteiger charge is 2.13. The molecule has 136 valence electrons. The van der Waals surface area contributed by atoms with Gasteiger partial charge in [0.15, 0.2) is 0 Å². The van der Waals surface area contributed by atoms with Gasteiger partial charge in [0.1, 0.15) is 10.8 Å². The molecule has 0 spiro atoms. The SMILES string of the molecule is COc1ccc(Cc2nnc(NC(=O)N(C)Cc3ccc(Cl)s3)s2)cc1. The summed E-state index contributed by atoms with van der Waals surface area (Å²) >= 11 is 8.74. The van der Waals surface area contributed by atoms with Crippen molar-refractivity contribution in [2.24, 2.45) is 0 Å². The van der Waals surface area contributed by atoms with Crippen LogP contribution in [0.25, 0.3) is 0 Å². The molecule has 2 amide bonds. The summed E-state index contributed by atoms with van der Waals surface area (Å²) < 4.78 is 5.86. The van der Waals surface area contributed by atoms with Crippen LogP contribution in [0.2, 0.25) is 4.34 Å². The third-order valence-electron chi connectivity index (χ3n) is 3.56. The van der Waals surface area contributed by atoms with Gasteiger partial charge in [-0.2, -0.15) is 0 Å². The zero-order valence-corrected chi connectivity index (χ0v) is 16.6. The third-order valence-corrected chi connectivity index (χ3v) is 5.62. The molecule has 0 atom stereocenters. The number of carbonyl (C=O) groups excluding carboxylic acids is 1. The van der Waals surface area contributed by atoms with E-state index in [1.54, 1.807) is 19.1 Å². The number of methoxy groups -OCH3 is 1. The first-order valence-electron chi connectivity index (χ1n) is 7.75. The lowest BCUT2D eigenvalue weighted by Gasteiger charge is -2.15. The first-order valence-corrected chi connectivity index (χ1v) is 9.76. The predicted molar refractivity (Wildman–Crippen MR) is 106 cm³/mol. The standard InChI is InChI=1S/C17H17ClN4O2S2/c1-22(10-13-7-8-14(18)25-13)17(23)19-16-21-20-15(26-16)9-11-3-5-12(24-2)6-4-11/h3-8H,9-10H2,1-2H3,(H,19,21,23). The van der Waals surface area contributed by atoms with Crippen LogP contribution in [-0.2, 0) is 13.0 Å². The molecule has 26 heavy (non-hydrogen) atoms. The average Bonchev–Trinajstić information content (AvgIpc) is 3.24. The second kappa shape index (κ2) is 8.48. The summed E-state index contributed by atoms with van der Waals surface area (Å²) in [5.41, 5.74) is 1.10.